The number of likely N-dealkylation sites (tertiary alicyclic amines) is 1. The molecule has 1 aliphatic heterocycles. The quantitative estimate of drug-likeness (QED) is 0.440. The zero-order valence-electron chi connectivity index (χ0n) is 12.8. The van der Waals surface area contributed by atoms with Crippen LogP contribution < -0.4 is 5.43 Å². The third-order valence-electron chi connectivity index (χ3n) is 2.72. The van der Waals surface area contributed by atoms with Gasteiger partial charge >= 0.3 is 12.1 Å². The number of esters is 1. The molecular formula is C13H22N4O4. The molecule has 1 amide bonds. The van der Waals surface area contributed by atoms with Crippen LogP contribution in [0.15, 0.2) is 5.10 Å². The normalized spacial score (nSPS) is 16.0. The van der Waals surface area contributed by atoms with Crippen LogP contribution in [0.2, 0.25) is 0 Å². The molecule has 1 rings (SSSR count). The molecule has 0 unspecified atom stereocenters. The number of nitrogens with one attached hydrogen (secondary N) is 2. The van der Waals surface area contributed by atoms with Gasteiger partial charge in [0.2, 0.25) is 0 Å². The molecule has 0 aromatic rings. The predicted octanol–water partition coefficient (Wildman–Crippen LogP) is 0.621. The number of ether oxygens (including phenoxy) is 2. The van der Waals surface area contributed by atoms with Crippen molar-refractivity contribution in [3.63, 3.8) is 0 Å². The molecule has 0 spiro atoms. The molecule has 0 bridgehead atoms. The van der Waals surface area contributed by atoms with Crippen molar-refractivity contribution >= 4 is 24.0 Å². The monoisotopic (exact) mass is 298 g/mol. The van der Waals surface area contributed by atoms with Gasteiger partial charge < -0.3 is 25.2 Å². The van der Waals surface area contributed by atoms with E-state index in [-0.39, 0.29) is 17.7 Å². The summed E-state index contributed by atoms with van der Waals surface area (Å²) in [5, 5.41) is 10.8. The second kappa shape index (κ2) is 7.05. The van der Waals surface area contributed by atoms with Crippen molar-refractivity contribution in [3.05, 3.63) is 0 Å². The van der Waals surface area contributed by atoms with Crippen molar-refractivity contribution in [1.29, 1.82) is 5.41 Å². The van der Waals surface area contributed by atoms with Crippen LogP contribution >= 0.6 is 0 Å². The Bertz CT molecular complexity index is 436. The SMILES string of the molecule is COC(=O)/C(C=N)=N/NCC1CN(C(=O)OC(C)(C)C)C1. The summed E-state index contributed by atoms with van der Waals surface area (Å²) in [4.78, 5) is 24.5. The van der Waals surface area contributed by atoms with Gasteiger partial charge in [-0.05, 0) is 20.8 Å². The minimum absolute atomic E-state index is 0.0965. The van der Waals surface area contributed by atoms with E-state index in [0.29, 0.717) is 19.6 Å². The van der Waals surface area contributed by atoms with Crippen LogP contribution in [0.5, 0.6) is 0 Å². The van der Waals surface area contributed by atoms with Crippen LogP contribution in [0.1, 0.15) is 20.8 Å². The lowest BCUT2D eigenvalue weighted by atomic mass is 10.0. The molecule has 0 atom stereocenters. The van der Waals surface area contributed by atoms with E-state index < -0.39 is 11.6 Å². The van der Waals surface area contributed by atoms with Crippen molar-refractivity contribution in [2.75, 3.05) is 26.7 Å². The zero-order chi connectivity index (χ0) is 16.0. The van der Waals surface area contributed by atoms with Gasteiger partial charge in [0, 0.05) is 25.6 Å². The molecule has 118 valence electrons. The van der Waals surface area contributed by atoms with Crippen LogP contribution in [0.25, 0.3) is 0 Å². The number of amides is 1. The van der Waals surface area contributed by atoms with Crippen LogP contribution in [0, 0.1) is 11.3 Å². The average Bonchev–Trinajstić information content (AvgIpc) is 2.33. The summed E-state index contributed by atoms with van der Waals surface area (Å²) in [7, 11) is 1.23. The molecule has 21 heavy (non-hydrogen) atoms. The van der Waals surface area contributed by atoms with E-state index in [1.165, 1.54) is 7.11 Å². The first-order valence-electron chi connectivity index (χ1n) is 6.64. The van der Waals surface area contributed by atoms with Crippen LogP contribution in [0.4, 0.5) is 4.79 Å². The topological polar surface area (TPSA) is 104 Å². The number of hydrazone groups is 1. The molecule has 0 saturated carbocycles. The van der Waals surface area contributed by atoms with E-state index in [1.54, 1.807) is 4.90 Å². The number of hydrogen-bond acceptors (Lipinski definition) is 7. The fourth-order valence-electron chi connectivity index (χ4n) is 1.68. The largest absolute Gasteiger partial charge is 0.464 e. The van der Waals surface area contributed by atoms with Crippen LogP contribution in [-0.2, 0) is 14.3 Å². The summed E-state index contributed by atoms with van der Waals surface area (Å²) in [5.41, 5.74) is 2.13. The highest BCUT2D eigenvalue weighted by Gasteiger charge is 2.33. The number of nitrogens with zero attached hydrogens (tertiary/aromatic N) is 2. The first-order chi connectivity index (χ1) is 9.76. The Balaban J connectivity index is 2.30. The van der Waals surface area contributed by atoms with Gasteiger partial charge in [0.15, 0.2) is 5.71 Å². The maximum atomic E-state index is 11.7. The summed E-state index contributed by atoms with van der Waals surface area (Å²) in [6.45, 7) is 7.14. The van der Waals surface area contributed by atoms with Crippen molar-refractivity contribution in [1.82, 2.24) is 10.3 Å². The number of methoxy groups -OCH3 is 1. The summed E-state index contributed by atoms with van der Waals surface area (Å²) in [6.07, 6.45) is 0.504. The van der Waals surface area contributed by atoms with Crippen molar-refractivity contribution in [2.24, 2.45) is 11.0 Å². The Morgan fingerprint density at radius 1 is 1.43 bits per heavy atom. The highest BCUT2D eigenvalue weighted by atomic mass is 16.6. The van der Waals surface area contributed by atoms with E-state index in [0.717, 1.165) is 6.21 Å². The lowest BCUT2D eigenvalue weighted by Gasteiger charge is -2.39. The molecule has 1 fully saturated rings. The van der Waals surface area contributed by atoms with Gasteiger partial charge in [0.05, 0.1) is 13.3 Å². The first kappa shape index (κ1) is 16.9. The van der Waals surface area contributed by atoms with E-state index in [9.17, 15) is 9.59 Å². The van der Waals surface area contributed by atoms with E-state index in [4.69, 9.17) is 10.1 Å². The maximum Gasteiger partial charge on any atom is 0.410 e. The van der Waals surface area contributed by atoms with Gasteiger partial charge in [0.1, 0.15) is 5.60 Å². The molecule has 1 aliphatic rings. The Kier molecular flexibility index (Phi) is 5.69. The van der Waals surface area contributed by atoms with E-state index in [1.807, 2.05) is 20.8 Å². The van der Waals surface area contributed by atoms with Crippen molar-refractivity contribution in [3.8, 4) is 0 Å². The minimum atomic E-state index is -0.665. The van der Waals surface area contributed by atoms with Crippen LogP contribution in [-0.4, -0.2) is 61.2 Å². The molecular weight excluding hydrogens is 276 g/mol. The summed E-state index contributed by atoms with van der Waals surface area (Å²) in [6, 6.07) is 0. The van der Waals surface area contributed by atoms with Gasteiger partial charge in [-0.25, -0.2) is 9.59 Å². The third-order valence-corrected chi connectivity index (χ3v) is 2.72. The molecule has 0 aliphatic carbocycles. The fraction of sp³-hybridized carbons (Fsp3) is 0.692. The highest BCUT2D eigenvalue weighted by Crippen LogP contribution is 2.18. The number of carbonyl (C=O) groups excluding carboxylic acids is 2. The predicted molar refractivity (Wildman–Crippen MR) is 77.5 cm³/mol. The van der Waals surface area contributed by atoms with Gasteiger partial charge in [-0.15, -0.1) is 0 Å². The highest BCUT2D eigenvalue weighted by molar-refractivity contribution is 6.58. The Hall–Kier alpha value is -2.12. The molecule has 8 heteroatoms. The molecule has 1 saturated heterocycles. The summed E-state index contributed by atoms with van der Waals surface area (Å²) in [5.74, 6) is -0.424. The molecule has 0 aromatic heterocycles. The van der Waals surface area contributed by atoms with E-state index in [2.05, 4.69) is 15.3 Å². The Morgan fingerprint density at radius 2 is 2.05 bits per heavy atom. The summed E-state index contributed by atoms with van der Waals surface area (Å²) >= 11 is 0. The first-order valence-corrected chi connectivity index (χ1v) is 6.64. The van der Waals surface area contributed by atoms with E-state index >= 15 is 0 Å². The number of rotatable bonds is 5. The molecule has 8 nitrogen and oxygen atoms in total. The van der Waals surface area contributed by atoms with Gasteiger partial charge in [0.25, 0.3) is 0 Å². The molecule has 0 radical (unpaired) electrons. The standard InChI is InChI=1S/C13H22N4O4/c1-13(2,3)21-12(19)17-7-9(8-17)6-15-16-10(5-14)11(18)20-4/h5,9,14-15H,6-8H2,1-4H3/b14-5?,16-10+. The summed E-state index contributed by atoms with van der Waals surface area (Å²) < 4.78 is 9.71. The van der Waals surface area contributed by atoms with Crippen LogP contribution in [0.3, 0.4) is 0 Å². The molecule has 0 aromatic carbocycles. The zero-order valence-corrected chi connectivity index (χ0v) is 12.8. The fourth-order valence-corrected chi connectivity index (χ4v) is 1.68. The van der Waals surface area contributed by atoms with Crippen molar-refractivity contribution in [2.45, 2.75) is 26.4 Å². The minimum Gasteiger partial charge on any atom is -0.464 e. The third kappa shape index (κ3) is 5.41. The second-order valence-electron chi connectivity index (χ2n) is 5.75. The number of carbonyl (C=O) groups is 2. The lowest BCUT2D eigenvalue weighted by molar-refractivity contribution is -0.132. The lowest BCUT2D eigenvalue weighted by Crippen LogP contribution is -2.54. The van der Waals surface area contributed by atoms with Gasteiger partial charge in [-0.2, -0.15) is 5.10 Å². The van der Waals surface area contributed by atoms with Crippen molar-refractivity contribution < 1.29 is 19.1 Å². The second-order valence-corrected chi connectivity index (χ2v) is 5.75. The van der Waals surface area contributed by atoms with Gasteiger partial charge in [-0.1, -0.05) is 0 Å². The Labute approximate surface area is 124 Å². The maximum absolute atomic E-state index is 11.7. The van der Waals surface area contributed by atoms with Gasteiger partial charge in [-0.3, -0.25) is 0 Å². The molecule has 1 heterocycles. The average molecular weight is 298 g/mol. The Morgan fingerprint density at radius 3 is 2.52 bits per heavy atom. The smallest absolute Gasteiger partial charge is 0.410 e. The number of hydrogen-bond donors (Lipinski definition) is 2. The molecule has 2 N–H and O–H groups in total.